The van der Waals surface area contributed by atoms with Gasteiger partial charge in [0.15, 0.2) is 5.89 Å². The molecule has 1 fully saturated rings. The largest absolute Gasteiger partial charge is 0.460 e. The lowest BCUT2D eigenvalue weighted by Crippen LogP contribution is -2.06. The van der Waals surface area contributed by atoms with E-state index in [0.29, 0.717) is 30.1 Å². The molecule has 2 rings (SSSR count). The lowest BCUT2D eigenvalue weighted by Gasteiger charge is -2.10. The molecule has 0 spiro atoms. The average Bonchev–Trinajstić information content (AvgIpc) is 3.07. The van der Waals surface area contributed by atoms with Gasteiger partial charge in [0, 0.05) is 11.8 Å². The van der Waals surface area contributed by atoms with E-state index >= 15 is 0 Å². The lowest BCUT2D eigenvalue weighted by molar-refractivity contribution is 0.0485. The van der Waals surface area contributed by atoms with Gasteiger partial charge in [-0.2, -0.15) is 0 Å². The summed E-state index contributed by atoms with van der Waals surface area (Å²) >= 11 is 0. The predicted molar refractivity (Wildman–Crippen MR) is 67.7 cm³/mol. The Balaban J connectivity index is 2.29. The average molecular weight is 251 g/mol. The molecule has 0 aromatic carbocycles. The molecule has 1 unspecified atom stereocenters. The van der Waals surface area contributed by atoms with Crippen LogP contribution in [0.25, 0.3) is 0 Å². The number of oxazole rings is 1. The summed E-state index contributed by atoms with van der Waals surface area (Å²) in [5.41, 5.74) is 0.802. The van der Waals surface area contributed by atoms with Crippen molar-refractivity contribution in [2.24, 2.45) is 5.92 Å². The fourth-order valence-corrected chi connectivity index (χ4v) is 1.81. The van der Waals surface area contributed by atoms with Crippen molar-refractivity contribution in [3.63, 3.8) is 0 Å². The molecule has 0 saturated heterocycles. The molecular weight excluding hydrogens is 230 g/mol. The number of hydrogen-bond donors (Lipinski definition) is 0. The summed E-state index contributed by atoms with van der Waals surface area (Å²) in [6, 6.07) is 0. The molecule has 0 N–H and O–H groups in total. The van der Waals surface area contributed by atoms with E-state index in [1.807, 2.05) is 0 Å². The second-order valence-corrected chi connectivity index (χ2v) is 5.29. The highest BCUT2D eigenvalue weighted by atomic mass is 16.5. The number of carbonyl (C=O) groups excluding carboxylic acids is 1. The molecule has 18 heavy (non-hydrogen) atoms. The Morgan fingerprint density at radius 3 is 2.61 bits per heavy atom. The molecule has 1 saturated carbocycles. The van der Waals surface area contributed by atoms with Gasteiger partial charge in [0.05, 0.1) is 12.3 Å². The molecule has 0 amide bonds. The smallest absolute Gasteiger partial charge is 0.376 e. The second-order valence-electron chi connectivity index (χ2n) is 5.29. The quantitative estimate of drug-likeness (QED) is 0.752. The summed E-state index contributed by atoms with van der Waals surface area (Å²) in [6.07, 6.45) is 2.18. The van der Waals surface area contributed by atoms with Gasteiger partial charge >= 0.3 is 5.97 Å². The monoisotopic (exact) mass is 251 g/mol. The van der Waals surface area contributed by atoms with E-state index in [1.165, 1.54) is 0 Å². The van der Waals surface area contributed by atoms with Crippen LogP contribution in [0.5, 0.6) is 0 Å². The lowest BCUT2D eigenvalue weighted by atomic mass is 9.98. The second kappa shape index (κ2) is 5.12. The summed E-state index contributed by atoms with van der Waals surface area (Å²) in [6.45, 7) is 8.47. The molecule has 1 aromatic rings. The van der Waals surface area contributed by atoms with Gasteiger partial charge in [0.1, 0.15) is 0 Å². The molecule has 1 aliphatic rings. The molecule has 1 aliphatic carbocycles. The number of rotatable bonds is 5. The highest BCUT2D eigenvalue weighted by Crippen LogP contribution is 2.42. The van der Waals surface area contributed by atoms with Gasteiger partial charge in [0.25, 0.3) is 0 Å². The first-order valence-electron chi connectivity index (χ1n) is 6.72. The molecule has 1 heterocycles. The number of hydrogen-bond acceptors (Lipinski definition) is 4. The van der Waals surface area contributed by atoms with E-state index in [2.05, 4.69) is 25.8 Å². The summed E-state index contributed by atoms with van der Waals surface area (Å²) in [7, 11) is 0. The molecule has 100 valence electrons. The Hall–Kier alpha value is -1.32. The third-order valence-corrected chi connectivity index (χ3v) is 3.48. The van der Waals surface area contributed by atoms with Crippen LogP contribution in [-0.2, 0) is 4.74 Å². The zero-order valence-corrected chi connectivity index (χ0v) is 11.5. The van der Waals surface area contributed by atoms with Crippen molar-refractivity contribution >= 4 is 5.97 Å². The first-order chi connectivity index (χ1) is 8.54. The summed E-state index contributed by atoms with van der Waals surface area (Å²) in [4.78, 5) is 16.4. The van der Waals surface area contributed by atoms with Gasteiger partial charge in [-0.15, -0.1) is 0 Å². The third kappa shape index (κ3) is 2.57. The van der Waals surface area contributed by atoms with Crippen LogP contribution in [0.4, 0.5) is 0 Å². The minimum absolute atomic E-state index is 0.214. The zero-order valence-electron chi connectivity index (χ0n) is 11.5. The first kappa shape index (κ1) is 13.1. The van der Waals surface area contributed by atoms with Crippen LogP contribution < -0.4 is 0 Å². The maximum Gasteiger partial charge on any atom is 0.376 e. The number of esters is 1. The molecule has 1 atom stereocenters. The van der Waals surface area contributed by atoms with Crippen molar-refractivity contribution in [3.05, 3.63) is 17.3 Å². The van der Waals surface area contributed by atoms with Crippen LogP contribution >= 0.6 is 0 Å². The highest BCUT2D eigenvalue weighted by Gasteiger charge is 2.35. The van der Waals surface area contributed by atoms with Gasteiger partial charge in [0.2, 0.25) is 5.76 Å². The Bertz CT molecular complexity index is 432. The maximum absolute atomic E-state index is 11.8. The van der Waals surface area contributed by atoms with Crippen molar-refractivity contribution < 1.29 is 13.9 Å². The molecule has 4 heteroatoms. The first-order valence-corrected chi connectivity index (χ1v) is 6.72. The van der Waals surface area contributed by atoms with Gasteiger partial charge in [-0.1, -0.05) is 20.8 Å². The highest BCUT2D eigenvalue weighted by molar-refractivity contribution is 5.87. The van der Waals surface area contributed by atoms with Gasteiger partial charge in [-0.25, -0.2) is 9.78 Å². The molecular formula is C14H21NO3. The van der Waals surface area contributed by atoms with E-state index in [4.69, 9.17) is 9.15 Å². The fourth-order valence-electron chi connectivity index (χ4n) is 1.81. The minimum Gasteiger partial charge on any atom is -0.460 e. The van der Waals surface area contributed by atoms with E-state index in [9.17, 15) is 4.79 Å². The van der Waals surface area contributed by atoms with Gasteiger partial charge in [-0.05, 0) is 25.7 Å². The van der Waals surface area contributed by atoms with Crippen LogP contribution in [0.15, 0.2) is 4.42 Å². The minimum atomic E-state index is -0.380. The molecule has 0 radical (unpaired) electrons. The van der Waals surface area contributed by atoms with E-state index < -0.39 is 0 Å². The van der Waals surface area contributed by atoms with Crippen LogP contribution in [0, 0.1) is 5.92 Å². The SMILES string of the molecule is CCOC(=O)c1oc(C(C)C(C)C)nc1C1CC1. The van der Waals surface area contributed by atoms with Gasteiger partial charge in [-0.3, -0.25) is 0 Å². The standard InChI is InChI=1S/C14H21NO3/c1-5-17-14(16)12-11(10-6-7-10)15-13(18-12)9(4)8(2)3/h8-10H,5-7H2,1-4H3. The Morgan fingerprint density at radius 2 is 2.11 bits per heavy atom. The third-order valence-electron chi connectivity index (χ3n) is 3.48. The Morgan fingerprint density at radius 1 is 1.44 bits per heavy atom. The van der Waals surface area contributed by atoms with Gasteiger partial charge < -0.3 is 9.15 Å². The summed E-state index contributed by atoms with van der Waals surface area (Å²) < 4.78 is 10.7. The number of nitrogens with zero attached hydrogens (tertiary/aromatic N) is 1. The van der Waals surface area contributed by atoms with Crippen molar-refractivity contribution in [3.8, 4) is 0 Å². The summed E-state index contributed by atoms with van der Waals surface area (Å²) in [5, 5.41) is 0. The zero-order chi connectivity index (χ0) is 13.3. The van der Waals surface area contributed by atoms with Crippen LogP contribution in [0.3, 0.4) is 0 Å². The number of ether oxygens (including phenoxy) is 1. The maximum atomic E-state index is 11.8. The fraction of sp³-hybridized carbons (Fsp3) is 0.714. The van der Waals surface area contributed by atoms with Crippen molar-refractivity contribution in [1.29, 1.82) is 0 Å². The van der Waals surface area contributed by atoms with Crippen LogP contribution in [0.1, 0.15) is 74.5 Å². The molecule has 0 bridgehead atoms. The van der Waals surface area contributed by atoms with E-state index in [1.54, 1.807) is 6.92 Å². The number of aromatic nitrogens is 1. The predicted octanol–water partition coefficient (Wildman–Crippen LogP) is 3.49. The van der Waals surface area contributed by atoms with Crippen LogP contribution in [0.2, 0.25) is 0 Å². The van der Waals surface area contributed by atoms with Crippen molar-refractivity contribution in [1.82, 2.24) is 4.98 Å². The Labute approximate surface area is 108 Å². The molecule has 4 nitrogen and oxygen atoms in total. The van der Waals surface area contributed by atoms with Crippen molar-refractivity contribution in [2.45, 2.75) is 52.4 Å². The van der Waals surface area contributed by atoms with Crippen molar-refractivity contribution in [2.75, 3.05) is 6.61 Å². The van der Waals surface area contributed by atoms with E-state index in [-0.39, 0.29) is 11.9 Å². The summed E-state index contributed by atoms with van der Waals surface area (Å²) in [5.74, 6) is 1.64. The molecule has 1 aromatic heterocycles. The topological polar surface area (TPSA) is 52.3 Å². The Kier molecular flexibility index (Phi) is 3.73. The molecule has 0 aliphatic heterocycles. The van der Waals surface area contributed by atoms with E-state index in [0.717, 1.165) is 18.5 Å². The van der Waals surface area contributed by atoms with Crippen LogP contribution in [-0.4, -0.2) is 17.6 Å². The number of carbonyl (C=O) groups is 1. The normalized spacial score (nSPS) is 16.9.